The summed E-state index contributed by atoms with van der Waals surface area (Å²) in [5.41, 5.74) is 0.502. The van der Waals surface area contributed by atoms with Gasteiger partial charge in [0.1, 0.15) is 5.82 Å². The molecule has 0 saturated heterocycles. The third-order valence-electron chi connectivity index (χ3n) is 1.58. The molecule has 0 amide bonds. The molecule has 0 aromatic heterocycles. The Morgan fingerprint density at radius 3 is 2.69 bits per heavy atom. The number of hydrogen-bond acceptors (Lipinski definition) is 1. The second kappa shape index (κ2) is 3.71. The van der Waals surface area contributed by atoms with E-state index >= 15 is 0 Å². The van der Waals surface area contributed by atoms with Crippen LogP contribution in [0.1, 0.15) is 17.3 Å². The molecule has 0 aliphatic carbocycles. The molecular formula is C10H8ClFO. The van der Waals surface area contributed by atoms with Gasteiger partial charge in [0.15, 0.2) is 5.78 Å². The molecule has 3 heteroatoms. The molecule has 1 aromatic rings. The summed E-state index contributed by atoms with van der Waals surface area (Å²) in [5, 5.41) is -0.143. The number of halogens is 2. The van der Waals surface area contributed by atoms with Gasteiger partial charge in [-0.3, -0.25) is 4.79 Å². The van der Waals surface area contributed by atoms with Crippen LogP contribution in [0.4, 0.5) is 4.39 Å². The fraction of sp³-hybridized carbons (Fsp3) is 0.100. The fourth-order valence-corrected chi connectivity index (χ4v) is 1.12. The van der Waals surface area contributed by atoms with E-state index in [4.69, 9.17) is 11.6 Å². The van der Waals surface area contributed by atoms with Gasteiger partial charge in [-0.2, -0.15) is 0 Å². The van der Waals surface area contributed by atoms with Gasteiger partial charge in [-0.25, -0.2) is 4.39 Å². The number of hydrogen-bond donors (Lipinski definition) is 0. The fourth-order valence-electron chi connectivity index (χ4n) is 0.909. The predicted molar refractivity (Wildman–Crippen MR) is 50.6 cm³/mol. The first-order valence-electron chi connectivity index (χ1n) is 3.68. The summed E-state index contributed by atoms with van der Waals surface area (Å²) in [6.07, 6.45) is 0. The van der Waals surface area contributed by atoms with Gasteiger partial charge >= 0.3 is 0 Å². The van der Waals surface area contributed by atoms with E-state index in [0.717, 1.165) is 0 Å². The molecule has 0 bridgehead atoms. The maximum absolute atomic E-state index is 12.9. The zero-order chi connectivity index (χ0) is 10.0. The standard InChI is InChI=1S/C10H8ClFO/c1-6(2)10(13)7-4-3-5-8(12)9(7)11/h3-5H,1H2,2H3. The van der Waals surface area contributed by atoms with Crippen molar-refractivity contribution in [2.75, 3.05) is 0 Å². The van der Waals surface area contributed by atoms with E-state index in [2.05, 4.69) is 6.58 Å². The van der Waals surface area contributed by atoms with Gasteiger partial charge in [-0.1, -0.05) is 24.2 Å². The summed E-state index contributed by atoms with van der Waals surface area (Å²) in [6.45, 7) is 5.03. The van der Waals surface area contributed by atoms with Crippen molar-refractivity contribution in [2.45, 2.75) is 6.92 Å². The number of Topliss-reactive ketones (excluding diaryl/α,β-unsaturated/α-hetero) is 1. The van der Waals surface area contributed by atoms with Gasteiger partial charge in [-0.05, 0) is 24.6 Å². The smallest absolute Gasteiger partial charge is 0.189 e. The average Bonchev–Trinajstić information content (AvgIpc) is 2.08. The van der Waals surface area contributed by atoms with Crippen molar-refractivity contribution in [3.63, 3.8) is 0 Å². The highest BCUT2D eigenvalue weighted by Crippen LogP contribution is 2.21. The summed E-state index contributed by atoms with van der Waals surface area (Å²) in [6, 6.07) is 4.12. The highest BCUT2D eigenvalue weighted by Gasteiger charge is 2.13. The zero-order valence-corrected chi connectivity index (χ0v) is 7.86. The van der Waals surface area contributed by atoms with E-state index in [1.807, 2.05) is 0 Å². The first kappa shape index (κ1) is 9.93. The molecular weight excluding hydrogens is 191 g/mol. The molecule has 1 nitrogen and oxygen atoms in total. The number of benzene rings is 1. The van der Waals surface area contributed by atoms with Crippen molar-refractivity contribution in [1.29, 1.82) is 0 Å². The van der Waals surface area contributed by atoms with E-state index in [9.17, 15) is 9.18 Å². The Balaban J connectivity index is 3.23. The summed E-state index contributed by atoms with van der Waals surface area (Å²) in [7, 11) is 0. The molecule has 1 aromatic carbocycles. The molecule has 13 heavy (non-hydrogen) atoms. The van der Waals surface area contributed by atoms with Crippen LogP contribution in [0.5, 0.6) is 0 Å². The first-order valence-corrected chi connectivity index (χ1v) is 4.06. The molecule has 0 radical (unpaired) electrons. The maximum atomic E-state index is 12.9. The summed E-state index contributed by atoms with van der Waals surface area (Å²) >= 11 is 5.60. The van der Waals surface area contributed by atoms with Crippen molar-refractivity contribution in [3.05, 3.63) is 46.8 Å². The van der Waals surface area contributed by atoms with Crippen LogP contribution in [-0.2, 0) is 0 Å². The number of rotatable bonds is 2. The van der Waals surface area contributed by atoms with Crippen molar-refractivity contribution < 1.29 is 9.18 Å². The van der Waals surface area contributed by atoms with E-state index < -0.39 is 5.82 Å². The minimum Gasteiger partial charge on any atom is -0.289 e. The second-order valence-corrected chi connectivity index (χ2v) is 3.09. The largest absolute Gasteiger partial charge is 0.289 e. The number of carbonyl (C=O) groups excluding carboxylic acids is 1. The van der Waals surface area contributed by atoms with Crippen molar-refractivity contribution >= 4 is 17.4 Å². The second-order valence-electron chi connectivity index (χ2n) is 2.71. The number of allylic oxidation sites excluding steroid dienone is 1. The Hall–Kier alpha value is -1.15. The molecule has 0 unspecified atom stereocenters. The molecule has 0 aliphatic heterocycles. The van der Waals surface area contributed by atoms with E-state index in [1.54, 1.807) is 6.92 Å². The molecule has 0 atom stereocenters. The Bertz CT molecular complexity index is 371. The van der Waals surface area contributed by atoms with Crippen LogP contribution in [0.15, 0.2) is 30.4 Å². The molecule has 0 fully saturated rings. The molecule has 68 valence electrons. The molecule has 0 saturated carbocycles. The monoisotopic (exact) mass is 198 g/mol. The van der Waals surface area contributed by atoms with Gasteiger partial charge in [-0.15, -0.1) is 0 Å². The lowest BCUT2D eigenvalue weighted by molar-refractivity contribution is 0.103. The quantitative estimate of drug-likeness (QED) is 0.527. The summed E-state index contributed by atoms with van der Waals surface area (Å²) in [5.74, 6) is -0.918. The van der Waals surface area contributed by atoms with Crippen molar-refractivity contribution in [2.24, 2.45) is 0 Å². The lowest BCUT2D eigenvalue weighted by atomic mass is 10.1. The third-order valence-corrected chi connectivity index (χ3v) is 1.97. The number of ketones is 1. The number of carbonyl (C=O) groups is 1. The zero-order valence-electron chi connectivity index (χ0n) is 7.10. The average molecular weight is 199 g/mol. The van der Waals surface area contributed by atoms with E-state index in [0.29, 0.717) is 5.57 Å². The Morgan fingerprint density at radius 2 is 2.15 bits per heavy atom. The van der Waals surface area contributed by atoms with Crippen LogP contribution in [-0.4, -0.2) is 5.78 Å². The lowest BCUT2D eigenvalue weighted by Crippen LogP contribution is -2.01. The van der Waals surface area contributed by atoms with Gasteiger partial charge in [0, 0.05) is 5.56 Å². The molecule has 0 N–H and O–H groups in total. The van der Waals surface area contributed by atoms with E-state index in [1.165, 1.54) is 18.2 Å². The van der Waals surface area contributed by atoms with Gasteiger partial charge < -0.3 is 0 Å². The highest BCUT2D eigenvalue weighted by atomic mass is 35.5. The normalized spacial score (nSPS) is 9.77. The molecule has 1 rings (SSSR count). The minimum absolute atomic E-state index is 0.143. The minimum atomic E-state index is -0.589. The summed E-state index contributed by atoms with van der Waals surface area (Å²) in [4.78, 5) is 11.4. The van der Waals surface area contributed by atoms with Gasteiger partial charge in [0.05, 0.1) is 5.02 Å². The van der Waals surface area contributed by atoms with Crippen LogP contribution < -0.4 is 0 Å². The Morgan fingerprint density at radius 1 is 1.54 bits per heavy atom. The first-order chi connectivity index (χ1) is 6.04. The maximum Gasteiger partial charge on any atom is 0.189 e. The highest BCUT2D eigenvalue weighted by molar-refractivity contribution is 6.35. The van der Waals surface area contributed by atoms with Crippen LogP contribution in [0.25, 0.3) is 0 Å². The predicted octanol–water partition coefficient (Wildman–Crippen LogP) is 3.24. The third kappa shape index (κ3) is 1.95. The van der Waals surface area contributed by atoms with Gasteiger partial charge in [0.25, 0.3) is 0 Å². The van der Waals surface area contributed by atoms with Crippen LogP contribution in [0.2, 0.25) is 5.02 Å². The van der Waals surface area contributed by atoms with Crippen LogP contribution >= 0.6 is 11.6 Å². The van der Waals surface area contributed by atoms with Crippen LogP contribution in [0.3, 0.4) is 0 Å². The van der Waals surface area contributed by atoms with Crippen molar-refractivity contribution in [1.82, 2.24) is 0 Å². The topological polar surface area (TPSA) is 17.1 Å². The molecule has 0 heterocycles. The van der Waals surface area contributed by atoms with Crippen LogP contribution in [0, 0.1) is 5.82 Å². The van der Waals surface area contributed by atoms with Crippen molar-refractivity contribution in [3.8, 4) is 0 Å². The Labute approximate surface area is 80.8 Å². The molecule has 0 spiro atoms. The Kier molecular flexibility index (Phi) is 2.83. The van der Waals surface area contributed by atoms with E-state index in [-0.39, 0.29) is 16.4 Å². The lowest BCUT2D eigenvalue weighted by Gasteiger charge is -2.02. The molecule has 0 aliphatic rings. The SMILES string of the molecule is C=C(C)C(=O)c1cccc(F)c1Cl. The summed E-state index contributed by atoms with van der Waals surface area (Å²) < 4.78 is 12.9. The van der Waals surface area contributed by atoms with Gasteiger partial charge in [0.2, 0.25) is 0 Å².